The van der Waals surface area contributed by atoms with Crippen LogP contribution in [0.5, 0.6) is 11.5 Å². The number of ether oxygens (including phenoxy) is 2. The smallest absolute Gasteiger partial charge is 0.168 e. The third-order valence-electron chi connectivity index (χ3n) is 7.66. The van der Waals surface area contributed by atoms with Crippen LogP contribution < -0.4 is 9.47 Å². The van der Waals surface area contributed by atoms with Crippen LogP contribution in [0.4, 0.5) is 13.2 Å². The summed E-state index contributed by atoms with van der Waals surface area (Å²) in [6.45, 7) is 6.61. The highest BCUT2D eigenvalue weighted by Gasteiger charge is 2.29. The monoisotopic (exact) mass is 472 g/mol. The van der Waals surface area contributed by atoms with E-state index in [-0.39, 0.29) is 23.5 Å². The summed E-state index contributed by atoms with van der Waals surface area (Å²) >= 11 is 0. The van der Waals surface area contributed by atoms with Gasteiger partial charge in [-0.1, -0.05) is 18.2 Å². The molecule has 2 aromatic rings. The van der Waals surface area contributed by atoms with Gasteiger partial charge in [0.1, 0.15) is 5.75 Å². The molecule has 2 saturated carbocycles. The van der Waals surface area contributed by atoms with Crippen molar-refractivity contribution in [1.82, 2.24) is 0 Å². The van der Waals surface area contributed by atoms with Crippen molar-refractivity contribution in [2.24, 2.45) is 11.8 Å². The van der Waals surface area contributed by atoms with Crippen molar-refractivity contribution in [3.8, 4) is 11.5 Å². The van der Waals surface area contributed by atoms with Crippen molar-refractivity contribution in [2.75, 3.05) is 13.2 Å². The van der Waals surface area contributed by atoms with Crippen LogP contribution in [0.25, 0.3) is 0 Å². The Morgan fingerprint density at radius 3 is 1.94 bits per heavy atom. The summed E-state index contributed by atoms with van der Waals surface area (Å²) in [4.78, 5) is 0. The second-order valence-electron chi connectivity index (χ2n) is 9.77. The van der Waals surface area contributed by atoms with Crippen molar-refractivity contribution >= 4 is 0 Å². The number of benzene rings is 2. The number of hydrogen-bond acceptors (Lipinski definition) is 2. The van der Waals surface area contributed by atoms with Gasteiger partial charge in [0.2, 0.25) is 0 Å². The summed E-state index contributed by atoms with van der Waals surface area (Å²) in [5.41, 5.74) is 1.03. The second-order valence-corrected chi connectivity index (χ2v) is 9.77. The Morgan fingerprint density at radius 2 is 1.41 bits per heavy atom. The molecular formula is C29H35F3O2. The SMILES string of the molecule is C=CC1CCC(c2ccc(C3CCC(COc4ccc(OCC)cc4F)CC3)c(F)c2F)CC1. The Balaban J connectivity index is 1.31. The summed E-state index contributed by atoms with van der Waals surface area (Å²) in [5, 5.41) is 0. The van der Waals surface area contributed by atoms with E-state index in [2.05, 4.69) is 6.58 Å². The Bertz CT molecular complexity index is 974. The third-order valence-corrected chi connectivity index (χ3v) is 7.66. The average molecular weight is 473 g/mol. The number of halogens is 3. The summed E-state index contributed by atoms with van der Waals surface area (Å²) in [5.74, 6) is -0.183. The average Bonchev–Trinajstić information content (AvgIpc) is 2.86. The van der Waals surface area contributed by atoms with E-state index in [9.17, 15) is 4.39 Å². The van der Waals surface area contributed by atoms with E-state index in [1.807, 2.05) is 25.1 Å². The van der Waals surface area contributed by atoms with Gasteiger partial charge in [-0.15, -0.1) is 6.58 Å². The van der Waals surface area contributed by atoms with Gasteiger partial charge in [-0.25, -0.2) is 13.2 Å². The standard InChI is InChI=1S/C29H35F3O2/c1-3-19-5-9-21(10-6-19)24-14-15-25(29(32)28(24)31)22-11-7-20(8-12-22)18-34-27-16-13-23(33-4-2)17-26(27)30/h3,13-17,19-22H,1,4-12,18H2,2H3. The van der Waals surface area contributed by atoms with Crippen molar-refractivity contribution in [3.63, 3.8) is 0 Å². The number of hydrogen-bond donors (Lipinski definition) is 0. The molecule has 0 spiro atoms. The maximum absolute atomic E-state index is 15.1. The Labute approximate surface area is 201 Å². The maximum atomic E-state index is 15.1. The molecule has 5 heteroatoms. The lowest BCUT2D eigenvalue weighted by Crippen LogP contribution is -2.20. The molecule has 184 valence electrons. The minimum atomic E-state index is -0.667. The van der Waals surface area contributed by atoms with Crippen molar-refractivity contribution in [2.45, 2.75) is 70.1 Å². The van der Waals surface area contributed by atoms with Crippen molar-refractivity contribution in [1.29, 1.82) is 0 Å². The normalized spacial score (nSPS) is 25.1. The molecule has 2 aliphatic rings. The molecule has 2 nitrogen and oxygen atoms in total. The fourth-order valence-electron chi connectivity index (χ4n) is 5.58. The van der Waals surface area contributed by atoms with E-state index in [4.69, 9.17) is 9.47 Å². The van der Waals surface area contributed by atoms with Gasteiger partial charge in [0.25, 0.3) is 0 Å². The third kappa shape index (κ3) is 5.61. The molecule has 0 bridgehead atoms. The first-order valence-corrected chi connectivity index (χ1v) is 12.7. The largest absolute Gasteiger partial charge is 0.494 e. The van der Waals surface area contributed by atoms with Crippen molar-refractivity contribution in [3.05, 3.63) is 71.6 Å². The van der Waals surface area contributed by atoms with Gasteiger partial charge < -0.3 is 9.47 Å². The fraction of sp³-hybridized carbons (Fsp3) is 0.517. The predicted octanol–water partition coefficient (Wildman–Crippen LogP) is 8.32. The minimum absolute atomic E-state index is 0.0125. The van der Waals surface area contributed by atoms with Gasteiger partial charge in [-0.2, -0.15) is 0 Å². The molecule has 2 aromatic carbocycles. The van der Waals surface area contributed by atoms with E-state index in [0.717, 1.165) is 51.4 Å². The van der Waals surface area contributed by atoms with Gasteiger partial charge in [0, 0.05) is 6.07 Å². The van der Waals surface area contributed by atoms with Crippen LogP contribution in [0.3, 0.4) is 0 Å². The number of rotatable bonds is 8. The van der Waals surface area contributed by atoms with Gasteiger partial charge >= 0.3 is 0 Å². The highest BCUT2D eigenvalue weighted by molar-refractivity contribution is 5.33. The molecule has 2 aliphatic carbocycles. The molecule has 0 unspecified atom stereocenters. The minimum Gasteiger partial charge on any atom is -0.494 e. The zero-order valence-electron chi connectivity index (χ0n) is 20.0. The zero-order chi connectivity index (χ0) is 24.1. The molecule has 0 saturated heterocycles. The first kappa shape index (κ1) is 24.7. The van der Waals surface area contributed by atoms with E-state index in [1.165, 1.54) is 6.07 Å². The van der Waals surface area contributed by atoms with Crippen LogP contribution in [-0.4, -0.2) is 13.2 Å². The summed E-state index contributed by atoms with van der Waals surface area (Å²) in [7, 11) is 0. The second kappa shape index (κ2) is 11.3. The van der Waals surface area contributed by atoms with Crippen LogP contribution >= 0.6 is 0 Å². The Morgan fingerprint density at radius 1 is 0.824 bits per heavy atom. The molecule has 0 atom stereocenters. The van der Waals surface area contributed by atoms with E-state index < -0.39 is 17.5 Å². The lowest BCUT2D eigenvalue weighted by Gasteiger charge is -2.30. The van der Waals surface area contributed by atoms with Crippen LogP contribution in [-0.2, 0) is 0 Å². The van der Waals surface area contributed by atoms with Gasteiger partial charge in [-0.05, 0) is 105 Å². The van der Waals surface area contributed by atoms with Crippen LogP contribution in [0.1, 0.15) is 81.3 Å². The van der Waals surface area contributed by atoms with Crippen LogP contribution in [0, 0.1) is 29.3 Å². The Kier molecular flexibility index (Phi) is 8.23. The summed E-state index contributed by atoms with van der Waals surface area (Å²) in [6.07, 6.45) is 8.97. The highest BCUT2D eigenvalue weighted by Crippen LogP contribution is 2.41. The maximum Gasteiger partial charge on any atom is 0.168 e. The lowest BCUT2D eigenvalue weighted by molar-refractivity contribution is 0.193. The molecule has 0 amide bonds. The van der Waals surface area contributed by atoms with Crippen molar-refractivity contribution < 1.29 is 22.6 Å². The van der Waals surface area contributed by atoms with Gasteiger partial charge in [-0.3, -0.25) is 0 Å². The van der Waals surface area contributed by atoms with E-state index in [1.54, 1.807) is 12.1 Å². The number of allylic oxidation sites excluding steroid dienone is 1. The predicted molar refractivity (Wildman–Crippen MR) is 129 cm³/mol. The molecule has 4 rings (SSSR count). The van der Waals surface area contributed by atoms with E-state index in [0.29, 0.717) is 36.0 Å². The first-order chi connectivity index (χ1) is 16.5. The summed E-state index contributed by atoms with van der Waals surface area (Å²) in [6, 6.07) is 8.25. The van der Waals surface area contributed by atoms with Crippen LogP contribution in [0.15, 0.2) is 43.0 Å². The highest BCUT2D eigenvalue weighted by atomic mass is 19.2. The topological polar surface area (TPSA) is 18.5 Å². The zero-order valence-corrected chi connectivity index (χ0v) is 20.0. The molecule has 0 N–H and O–H groups in total. The molecule has 0 heterocycles. The molecule has 34 heavy (non-hydrogen) atoms. The molecular weight excluding hydrogens is 437 g/mol. The molecule has 0 radical (unpaired) electrons. The van der Waals surface area contributed by atoms with Gasteiger partial charge in [0.05, 0.1) is 13.2 Å². The molecule has 0 aliphatic heterocycles. The lowest BCUT2D eigenvalue weighted by atomic mass is 9.76. The first-order valence-electron chi connectivity index (χ1n) is 12.7. The van der Waals surface area contributed by atoms with E-state index >= 15 is 8.78 Å². The van der Waals surface area contributed by atoms with Gasteiger partial charge in [0.15, 0.2) is 23.2 Å². The molecule has 2 fully saturated rings. The quantitative estimate of drug-likeness (QED) is 0.360. The Hall–Kier alpha value is -2.43. The molecule has 0 aromatic heterocycles. The summed E-state index contributed by atoms with van der Waals surface area (Å²) < 4.78 is 55.3. The van der Waals surface area contributed by atoms with Crippen LogP contribution in [0.2, 0.25) is 0 Å². The fourth-order valence-corrected chi connectivity index (χ4v) is 5.58.